The van der Waals surface area contributed by atoms with Crippen molar-refractivity contribution in [3.63, 3.8) is 0 Å². The molecule has 0 saturated heterocycles. The van der Waals surface area contributed by atoms with Crippen LogP contribution < -0.4 is 10.6 Å². The molecule has 0 bridgehead atoms. The lowest BCUT2D eigenvalue weighted by atomic mass is 10.2. The van der Waals surface area contributed by atoms with Gasteiger partial charge in [-0.2, -0.15) is 0 Å². The van der Waals surface area contributed by atoms with E-state index in [0.29, 0.717) is 12.2 Å². The fraction of sp³-hybridized carbons (Fsp3) is 0.222. The summed E-state index contributed by atoms with van der Waals surface area (Å²) in [4.78, 5) is 23.6. The van der Waals surface area contributed by atoms with E-state index in [2.05, 4.69) is 33.2 Å². The molecule has 0 heterocycles. The molecule has 2 aromatic carbocycles. The number of benzene rings is 2. The molecule has 0 aromatic heterocycles. The molecule has 6 heteroatoms. The molecule has 0 saturated carbocycles. The van der Waals surface area contributed by atoms with Gasteiger partial charge in [-0.25, -0.2) is 4.79 Å². The molecular weight excluding hydrogens is 419 g/mol. The van der Waals surface area contributed by atoms with Crippen molar-refractivity contribution in [2.75, 3.05) is 23.8 Å². The third-order valence-corrected chi connectivity index (χ3v) is 3.86. The van der Waals surface area contributed by atoms with Gasteiger partial charge in [-0.15, -0.1) is 0 Å². The van der Waals surface area contributed by atoms with Crippen LogP contribution >= 0.6 is 22.6 Å². The molecule has 126 valence electrons. The van der Waals surface area contributed by atoms with Crippen LogP contribution in [-0.4, -0.2) is 25.0 Å². The van der Waals surface area contributed by atoms with Crippen LogP contribution in [0.4, 0.5) is 11.4 Å². The van der Waals surface area contributed by atoms with E-state index < -0.39 is 0 Å². The van der Waals surface area contributed by atoms with Gasteiger partial charge in [0.1, 0.15) is 0 Å². The Kier molecular flexibility index (Phi) is 7.05. The van der Waals surface area contributed by atoms with Crippen LogP contribution in [0.15, 0.2) is 48.5 Å². The van der Waals surface area contributed by atoms with Crippen LogP contribution in [0.5, 0.6) is 0 Å². The van der Waals surface area contributed by atoms with Crippen molar-refractivity contribution in [3.05, 3.63) is 57.7 Å². The van der Waals surface area contributed by atoms with E-state index in [9.17, 15) is 9.59 Å². The van der Waals surface area contributed by atoms with Crippen LogP contribution in [0.25, 0.3) is 0 Å². The Morgan fingerprint density at radius 1 is 1.00 bits per heavy atom. The summed E-state index contributed by atoms with van der Waals surface area (Å²) >= 11 is 2.21. The molecule has 2 rings (SSSR count). The first-order chi connectivity index (χ1) is 11.6. The van der Waals surface area contributed by atoms with E-state index in [1.54, 1.807) is 24.3 Å². The summed E-state index contributed by atoms with van der Waals surface area (Å²) in [6, 6.07) is 14.4. The largest absolute Gasteiger partial charge is 0.462 e. The smallest absolute Gasteiger partial charge is 0.338 e. The lowest BCUT2D eigenvalue weighted by Gasteiger charge is -2.09. The molecule has 5 nitrogen and oxygen atoms in total. The molecule has 0 spiro atoms. The third kappa shape index (κ3) is 5.84. The lowest BCUT2D eigenvalue weighted by molar-refractivity contribution is -0.114. The van der Waals surface area contributed by atoms with E-state index in [-0.39, 0.29) is 18.4 Å². The van der Waals surface area contributed by atoms with Crippen LogP contribution in [0.1, 0.15) is 23.7 Å². The number of anilines is 2. The van der Waals surface area contributed by atoms with E-state index in [4.69, 9.17) is 4.74 Å². The Balaban J connectivity index is 1.82. The fourth-order valence-corrected chi connectivity index (χ4v) is 2.28. The normalized spacial score (nSPS) is 10.1. The molecule has 0 fully saturated rings. The fourth-order valence-electron chi connectivity index (χ4n) is 1.92. The highest BCUT2D eigenvalue weighted by Crippen LogP contribution is 2.12. The first-order valence-electron chi connectivity index (χ1n) is 7.65. The first kappa shape index (κ1) is 18.3. The van der Waals surface area contributed by atoms with E-state index in [1.807, 2.05) is 31.2 Å². The lowest BCUT2D eigenvalue weighted by Crippen LogP contribution is -2.21. The summed E-state index contributed by atoms with van der Waals surface area (Å²) in [6.45, 7) is 2.50. The summed E-state index contributed by atoms with van der Waals surface area (Å²) in [6.07, 6.45) is 0.793. The van der Waals surface area contributed by atoms with Crippen LogP contribution in [0.2, 0.25) is 0 Å². The first-order valence-corrected chi connectivity index (χ1v) is 8.73. The summed E-state index contributed by atoms with van der Waals surface area (Å²) < 4.78 is 6.18. The summed E-state index contributed by atoms with van der Waals surface area (Å²) in [5.41, 5.74) is 2.02. The molecule has 0 aliphatic carbocycles. The van der Waals surface area contributed by atoms with Gasteiger partial charge in [0.2, 0.25) is 5.91 Å². The second-order valence-corrected chi connectivity index (χ2v) is 6.37. The zero-order valence-electron chi connectivity index (χ0n) is 13.3. The monoisotopic (exact) mass is 438 g/mol. The van der Waals surface area contributed by atoms with E-state index in [1.165, 1.54) is 0 Å². The van der Waals surface area contributed by atoms with Crippen molar-refractivity contribution in [2.24, 2.45) is 0 Å². The predicted octanol–water partition coefficient (Wildman–Crippen LogP) is 3.91. The van der Waals surface area contributed by atoms with Gasteiger partial charge >= 0.3 is 5.97 Å². The topological polar surface area (TPSA) is 67.4 Å². The standard InChI is InChI=1S/C18H19IN2O3/c1-2-11-24-18(23)13-3-7-15(8-4-13)20-12-17(22)21-16-9-5-14(19)6-10-16/h3-10,20H,2,11-12H2,1H3,(H,21,22). The molecule has 0 aliphatic rings. The zero-order chi connectivity index (χ0) is 17.4. The number of rotatable bonds is 7. The number of carbonyl (C=O) groups is 2. The summed E-state index contributed by atoms with van der Waals surface area (Å²) in [7, 11) is 0. The Morgan fingerprint density at radius 3 is 2.25 bits per heavy atom. The van der Waals surface area contributed by atoms with Gasteiger partial charge in [-0.1, -0.05) is 6.92 Å². The number of carbonyl (C=O) groups excluding carboxylic acids is 2. The molecule has 2 N–H and O–H groups in total. The van der Waals surface area contributed by atoms with Crippen molar-refractivity contribution in [1.82, 2.24) is 0 Å². The number of halogens is 1. The van der Waals surface area contributed by atoms with Gasteiger partial charge < -0.3 is 15.4 Å². The molecular formula is C18H19IN2O3. The Hall–Kier alpha value is -2.09. The maximum atomic E-state index is 11.9. The number of nitrogens with one attached hydrogen (secondary N) is 2. The molecule has 1 amide bonds. The Morgan fingerprint density at radius 2 is 1.62 bits per heavy atom. The maximum Gasteiger partial charge on any atom is 0.338 e. The summed E-state index contributed by atoms with van der Waals surface area (Å²) in [5, 5.41) is 5.83. The molecule has 0 aliphatic heterocycles. The second kappa shape index (κ2) is 9.27. The van der Waals surface area contributed by atoms with E-state index >= 15 is 0 Å². The maximum absolute atomic E-state index is 11.9. The minimum absolute atomic E-state index is 0.136. The van der Waals surface area contributed by atoms with Gasteiger partial charge in [-0.3, -0.25) is 4.79 Å². The number of amides is 1. The predicted molar refractivity (Wildman–Crippen MR) is 103 cm³/mol. The van der Waals surface area contributed by atoms with Gasteiger partial charge in [0.15, 0.2) is 0 Å². The number of hydrogen-bond acceptors (Lipinski definition) is 4. The average molecular weight is 438 g/mol. The average Bonchev–Trinajstić information content (AvgIpc) is 2.60. The van der Waals surface area contributed by atoms with Crippen molar-refractivity contribution in [3.8, 4) is 0 Å². The molecule has 0 unspecified atom stereocenters. The minimum Gasteiger partial charge on any atom is -0.462 e. The van der Waals surface area contributed by atoms with Crippen LogP contribution in [-0.2, 0) is 9.53 Å². The van der Waals surface area contributed by atoms with Crippen molar-refractivity contribution < 1.29 is 14.3 Å². The van der Waals surface area contributed by atoms with Gasteiger partial charge in [0.05, 0.1) is 18.7 Å². The second-order valence-electron chi connectivity index (χ2n) is 5.12. The van der Waals surface area contributed by atoms with Crippen molar-refractivity contribution in [2.45, 2.75) is 13.3 Å². The van der Waals surface area contributed by atoms with Gasteiger partial charge in [0, 0.05) is 14.9 Å². The van der Waals surface area contributed by atoms with Crippen molar-refractivity contribution in [1.29, 1.82) is 0 Å². The molecule has 0 radical (unpaired) electrons. The molecule has 24 heavy (non-hydrogen) atoms. The highest BCUT2D eigenvalue weighted by Gasteiger charge is 2.07. The Bertz CT molecular complexity index is 684. The van der Waals surface area contributed by atoms with Crippen LogP contribution in [0.3, 0.4) is 0 Å². The minimum atomic E-state index is -0.333. The summed E-state index contributed by atoms with van der Waals surface area (Å²) in [5.74, 6) is -0.470. The molecule has 0 atom stereocenters. The number of esters is 1. The molecule has 2 aromatic rings. The van der Waals surface area contributed by atoms with Gasteiger partial charge in [0.25, 0.3) is 0 Å². The number of hydrogen-bond donors (Lipinski definition) is 2. The Labute approximate surface area is 154 Å². The third-order valence-electron chi connectivity index (χ3n) is 3.14. The SMILES string of the molecule is CCCOC(=O)c1ccc(NCC(=O)Nc2ccc(I)cc2)cc1. The van der Waals surface area contributed by atoms with Crippen LogP contribution in [0, 0.1) is 3.57 Å². The number of ether oxygens (including phenoxy) is 1. The van der Waals surface area contributed by atoms with E-state index in [0.717, 1.165) is 21.4 Å². The quantitative estimate of drug-likeness (QED) is 0.508. The zero-order valence-corrected chi connectivity index (χ0v) is 15.5. The highest BCUT2D eigenvalue weighted by molar-refractivity contribution is 14.1. The highest BCUT2D eigenvalue weighted by atomic mass is 127. The van der Waals surface area contributed by atoms with Crippen molar-refractivity contribution >= 4 is 45.8 Å². The van der Waals surface area contributed by atoms with Gasteiger partial charge in [-0.05, 0) is 77.5 Å².